The largest absolute Gasteiger partial charge is 0.391 e. The normalized spacial score (nSPS) is 12.4. The fourth-order valence-corrected chi connectivity index (χ4v) is 3.86. The van der Waals surface area contributed by atoms with Gasteiger partial charge in [-0.05, 0) is 85.2 Å². The lowest BCUT2D eigenvalue weighted by Gasteiger charge is -2.19. The average Bonchev–Trinajstić information content (AvgIpc) is 2.97. The van der Waals surface area contributed by atoms with Crippen molar-refractivity contribution < 1.29 is 24.6 Å². The molecule has 7 nitrogen and oxygen atoms in total. The molecule has 7 heteroatoms. The number of hydrogen-bond acceptors (Lipinski definition) is 5. The molecule has 3 aromatic rings. The predicted octanol–water partition coefficient (Wildman–Crippen LogP) is 3.65. The Balaban J connectivity index is 1.49. The molecule has 0 unspecified atom stereocenters. The van der Waals surface area contributed by atoms with Crippen LogP contribution in [0.15, 0.2) is 78.9 Å². The summed E-state index contributed by atoms with van der Waals surface area (Å²) < 4.78 is 0. The van der Waals surface area contributed by atoms with E-state index in [-0.39, 0.29) is 11.5 Å². The summed E-state index contributed by atoms with van der Waals surface area (Å²) in [6, 6.07) is 22.6. The average molecular weight is 537 g/mol. The van der Waals surface area contributed by atoms with Crippen molar-refractivity contribution in [1.29, 1.82) is 0 Å². The lowest BCUT2D eigenvalue weighted by atomic mass is 9.96. The van der Waals surface area contributed by atoms with Gasteiger partial charge in [-0.2, -0.15) is 0 Å². The number of ketones is 1. The summed E-state index contributed by atoms with van der Waals surface area (Å²) >= 11 is 0. The lowest BCUT2D eigenvalue weighted by Crippen LogP contribution is -2.48. The van der Waals surface area contributed by atoms with Gasteiger partial charge in [0.1, 0.15) is 12.6 Å². The minimum absolute atomic E-state index is 0.0302. The van der Waals surface area contributed by atoms with Crippen molar-refractivity contribution in [3.8, 4) is 23.7 Å². The number of aliphatic hydroxyl groups is 2. The molecule has 3 aromatic carbocycles. The number of nitrogens with one attached hydrogen (secondary N) is 2. The number of benzene rings is 3. The summed E-state index contributed by atoms with van der Waals surface area (Å²) in [5.74, 6) is 10.5. The molecule has 40 heavy (non-hydrogen) atoms. The van der Waals surface area contributed by atoms with Gasteiger partial charge in [-0.25, -0.2) is 0 Å². The molecule has 0 saturated carbocycles. The number of carbonyl (C=O) groups is 3. The fourth-order valence-electron chi connectivity index (χ4n) is 3.86. The van der Waals surface area contributed by atoms with Gasteiger partial charge >= 0.3 is 0 Å². The van der Waals surface area contributed by atoms with E-state index in [2.05, 4.69) is 53.4 Å². The van der Waals surface area contributed by atoms with Gasteiger partial charge in [-0.1, -0.05) is 49.1 Å². The Morgan fingerprint density at radius 1 is 0.825 bits per heavy atom. The summed E-state index contributed by atoms with van der Waals surface area (Å²) in [6.45, 7) is 2.70. The van der Waals surface area contributed by atoms with Crippen LogP contribution >= 0.6 is 0 Å². The van der Waals surface area contributed by atoms with Crippen molar-refractivity contribution in [3.05, 3.63) is 101 Å². The molecule has 2 amide bonds. The molecule has 0 aliphatic rings. The topological polar surface area (TPSA) is 116 Å². The Labute approximate surface area is 234 Å². The van der Waals surface area contributed by atoms with Crippen molar-refractivity contribution in [1.82, 2.24) is 5.32 Å². The highest BCUT2D eigenvalue weighted by Crippen LogP contribution is 2.20. The van der Waals surface area contributed by atoms with E-state index in [0.29, 0.717) is 23.6 Å². The molecule has 0 fully saturated rings. The molecule has 0 bridgehead atoms. The number of amides is 2. The third kappa shape index (κ3) is 9.25. The van der Waals surface area contributed by atoms with Crippen LogP contribution in [0.3, 0.4) is 0 Å². The zero-order valence-corrected chi connectivity index (χ0v) is 22.5. The SMILES string of the molecule is C[C@H](CCC(=O)Nc1ccc(C#CC#Cc2ccc(C(=O)N[C@H](C(=O)CO)[C@@H](C)O)cc2)cc1)c1ccccc1. The first kappa shape index (κ1) is 29.9. The standard InChI is InChI=1S/C33H32N2O5/c1-23(27-10-4-3-5-11-27)12-21-31(39)34-29-19-15-26(16-20-29)9-7-6-8-25-13-17-28(18-14-25)33(40)35-32(24(2)37)30(38)22-36/h3-5,10-11,13-20,23-24,32,36-37H,12,21-22H2,1-2H3,(H,34,39)(H,35,40)/t23-,24-,32+/m1/s1. The van der Waals surface area contributed by atoms with E-state index >= 15 is 0 Å². The Hall–Kier alpha value is -4.69. The first-order valence-electron chi connectivity index (χ1n) is 13.0. The van der Waals surface area contributed by atoms with Gasteiger partial charge in [-0.15, -0.1) is 0 Å². The van der Waals surface area contributed by atoms with E-state index in [1.54, 1.807) is 36.4 Å². The third-order valence-corrected chi connectivity index (χ3v) is 6.24. The van der Waals surface area contributed by atoms with Gasteiger partial charge in [0.05, 0.1) is 6.10 Å². The summed E-state index contributed by atoms with van der Waals surface area (Å²) in [5, 5.41) is 24.0. The monoisotopic (exact) mass is 536 g/mol. The molecule has 204 valence electrons. The lowest BCUT2D eigenvalue weighted by molar-refractivity contribution is -0.126. The number of hydrogen-bond donors (Lipinski definition) is 4. The Bertz CT molecular complexity index is 1420. The minimum atomic E-state index is -1.19. The highest BCUT2D eigenvalue weighted by Gasteiger charge is 2.25. The Morgan fingerprint density at radius 2 is 1.40 bits per heavy atom. The molecule has 0 radical (unpaired) electrons. The molecule has 0 aliphatic heterocycles. The third-order valence-electron chi connectivity index (χ3n) is 6.24. The number of carbonyl (C=O) groups excluding carboxylic acids is 3. The van der Waals surface area contributed by atoms with Crippen molar-refractivity contribution in [2.45, 2.75) is 44.8 Å². The maximum Gasteiger partial charge on any atom is 0.251 e. The second kappa shape index (κ2) is 15.0. The quantitative estimate of drug-likeness (QED) is 0.295. The van der Waals surface area contributed by atoms with Crippen LogP contribution in [0.5, 0.6) is 0 Å². The van der Waals surface area contributed by atoms with E-state index in [1.165, 1.54) is 12.5 Å². The molecule has 4 N–H and O–H groups in total. The second-order valence-electron chi connectivity index (χ2n) is 9.37. The van der Waals surface area contributed by atoms with E-state index < -0.39 is 30.4 Å². The van der Waals surface area contributed by atoms with Crippen LogP contribution in [0.25, 0.3) is 0 Å². The van der Waals surface area contributed by atoms with Gasteiger partial charge in [0.2, 0.25) is 5.91 Å². The predicted molar refractivity (Wildman–Crippen MR) is 154 cm³/mol. The van der Waals surface area contributed by atoms with Crippen LogP contribution in [0.4, 0.5) is 5.69 Å². The van der Waals surface area contributed by atoms with Gasteiger partial charge < -0.3 is 20.8 Å². The van der Waals surface area contributed by atoms with Crippen LogP contribution in [-0.2, 0) is 9.59 Å². The first-order chi connectivity index (χ1) is 19.3. The summed E-state index contributed by atoms with van der Waals surface area (Å²) in [7, 11) is 0. The van der Waals surface area contributed by atoms with E-state index in [9.17, 15) is 19.5 Å². The van der Waals surface area contributed by atoms with Crippen molar-refractivity contribution in [2.24, 2.45) is 0 Å². The number of Topliss-reactive ketones (excluding diaryl/α,β-unsaturated/α-hetero) is 1. The van der Waals surface area contributed by atoms with Gasteiger partial charge in [-0.3, -0.25) is 14.4 Å². The molecule has 0 saturated heterocycles. The smallest absolute Gasteiger partial charge is 0.251 e. The Morgan fingerprint density at radius 3 is 1.95 bits per heavy atom. The molecule has 0 heterocycles. The maximum atomic E-state index is 12.4. The van der Waals surface area contributed by atoms with Crippen LogP contribution in [0.1, 0.15) is 59.7 Å². The summed E-state index contributed by atoms with van der Waals surface area (Å²) in [5.41, 5.74) is 3.61. The molecule has 0 aliphatic carbocycles. The highest BCUT2D eigenvalue weighted by molar-refractivity contribution is 5.98. The van der Waals surface area contributed by atoms with Crippen LogP contribution in [-0.4, -0.2) is 46.6 Å². The number of anilines is 1. The zero-order valence-electron chi connectivity index (χ0n) is 22.5. The van der Waals surface area contributed by atoms with Gasteiger partial charge in [0, 0.05) is 28.8 Å². The molecule has 0 spiro atoms. The minimum Gasteiger partial charge on any atom is -0.391 e. The summed E-state index contributed by atoms with van der Waals surface area (Å²) in [4.78, 5) is 36.4. The first-order valence-corrected chi connectivity index (χ1v) is 13.0. The number of rotatable bonds is 10. The van der Waals surface area contributed by atoms with E-state index in [4.69, 9.17) is 5.11 Å². The van der Waals surface area contributed by atoms with Crippen molar-refractivity contribution in [2.75, 3.05) is 11.9 Å². The molecular weight excluding hydrogens is 504 g/mol. The van der Waals surface area contributed by atoms with Crippen molar-refractivity contribution in [3.63, 3.8) is 0 Å². The van der Waals surface area contributed by atoms with Gasteiger partial charge in [0.15, 0.2) is 5.78 Å². The summed E-state index contributed by atoms with van der Waals surface area (Å²) in [6.07, 6.45) is 0.0645. The van der Waals surface area contributed by atoms with Crippen LogP contribution in [0, 0.1) is 23.7 Å². The zero-order chi connectivity index (χ0) is 28.9. The van der Waals surface area contributed by atoms with Crippen molar-refractivity contribution >= 4 is 23.3 Å². The fraction of sp³-hybridized carbons (Fsp3) is 0.242. The van der Waals surface area contributed by atoms with Crippen LogP contribution in [0.2, 0.25) is 0 Å². The maximum absolute atomic E-state index is 12.4. The second-order valence-corrected chi connectivity index (χ2v) is 9.37. The molecular formula is C33H32N2O5. The molecule has 0 aromatic heterocycles. The molecule has 3 atom stereocenters. The van der Waals surface area contributed by atoms with E-state index in [1.807, 2.05) is 30.3 Å². The van der Waals surface area contributed by atoms with E-state index in [0.717, 1.165) is 12.0 Å². The number of aliphatic hydroxyl groups excluding tert-OH is 2. The highest BCUT2D eigenvalue weighted by atomic mass is 16.3. The Kier molecular flexibility index (Phi) is 11.2. The van der Waals surface area contributed by atoms with Crippen LogP contribution < -0.4 is 10.6 Å². The van der Waals surface area contributed by atoms with Gasteiger partial charge in [0.25, 0.3) is 5.91 Å². The molecule has 3 rings (SSSR count).